The van der Waals surface area contributed by atoms with Crippen LogP contribution in [-0.2, 0) is 6.54 Å². The molecule has 0 saturated carbocycles. The molecule has 0 bridgehead atoms. The predicted molar refractivity (Wildman–Crippen MR) is 74.9 cm³/mol. The molecule has 0 spiro atoms. The summed E-state index contributed by atoms with van der Waals surface area (Å²) < 4.78 is 41.2. The van der Waals surface area contributed by atoms with Crippen molar-refractivity contribution in [3.05, 3.63) is 46.5 Å². The molecule has 0 aliphatic rings. The second-order valence-electron chi connectivity index (χ2n) is 4.96. The average Bonchev–Trinajstić information content (AvgIpc) is 2.72. The fourth-order valence-electron chi connectivity index (χ4n) is 2.24. The summed E-state index contributed by atoms with van der Waals surface area (Å²) in [5.41, 5.74) is 2.71. The number of hydrogen-bond acceptors (Lipinski definition) is 2. The molecule has 0 radical (unpaired) electrons. The minimum Gasteiger partial charge on any atom is -0.313 e. The molecular formula is C15H18F3N3. The summed E-state index contributed by atoms with van der Waals surface area (Å²) in [6, 6.07) is 1.89. The van der Waals surface area contributed by atoms with E-state index in [0.717, 1.165) is 42.0 Å². The molecule has 0 amide bonds. The molecule has 0 atom stereocenters. The molecule has 2 aromatic rings. The van der Waals surface area contributed by atoms with E-state index in [1.54, 1.807) is 0 Å². The maximum atomic E-state index is 13.3. The van der Waals surface area contributed by atoms with Crippen molar-refractivity contribution in [2.75, 3.05) is 6.54 Å². The Bertz CT molecular complexity index is 627. The third-order valence-corrected chi connectivity index (χ3v) is 3.38. The molecule has 1 aromatic heterocycles. The van der Waals surface area contributed by atoms with Crippen molar-refractivity contribution in [3.8, 4) is 5.69 Å². The SMILES string of the molecule is CCCNCc1c(C)nn(-c2cc(F)c(F)c(F)c2)c1C. The molecular weight excluding hydrogens is 279 g/mol. The minimum atomic E-state index is -1.47. The van der Waals surface area contributed by atoms with Crippen LogP contribution in [0.15, 0.2) is 12.1 Å². The minimum absolute atomic E-state index is 0.175. The summed E-state index contributed by atoms with van der Waals surface area (Å²) in [7, 11) is 0. The molecule has 1 heterocycles. The van der Waals surface area contributed by atoms with Gasteiger partial charge in [0.25, 0.3) is 0 Å². The lowest BCUT2D eigenvalue weighted by atomic mass is 10.2. The van der Waals surface area contributed by atoms with Gasteiger partial charge in [-0.2, -0.15) is 5.10 Å². The number of rotatable bonds is 5. The van der Waals surface area contributed by atoms with Crippen LogP contribution in [0.4, 0.5) is 13.2 Å². The topological polar surface area (TPSA) is 29.9 Å². The fraction of sp³-hybridized carbons (Fsp3) is 0.400. The van der Waals surface area contributed by atoms with Gasteiger partial charge in [0.1, 0.15) is 0 Å². The van der Waals surface area contributed by atoms with E-state index in [2.05, 4.69) is 17.3 Å². The molecule has 0 aliphatic heterocycles. The molecule has 3 nitrogen and oxygen atoms in total. The number of aromatic nitrogens is 2. The first kappa shape index (κ1) is 15.6. The van der Waals surface area contributed by atoms with E-state index in [1.165, 1.54) is 4.68 Å². The highest BCUT2D eigenvalue weighted by molar-refractivity contribution is 5.38. The Hall–Kier alpha value is -1.82. The van der Waals surface area contributed by atoms with Crippen molar-refractivity contribution in [1.29, 1.82) is 0 Å². The van der Waals surface area contributed by atoms with Gasteiger partial charge >= 0.3 is 0 Å². The highest BCUT2D eigenvalue weighted by atomic mass is 19.2. The van der Waals surface area contributed by atoms with E-state index in [0.29, 0.717) is 6.54 Å². The zero-order valence-corrected chi connectivity index (χ0v) is 12.3. The Labute approximate surface area is 121 Å². The van der Waals surface area contributed by atoms with E-state index in [1.807, 2.05) is 13.8 Å². The van der Waals surface area contributed by atoms with Gasteiger partial charge in [-0.05, 0) is 26.8 Å². The summed E-state index contributed by atoms with van der Waals surface area (Å²) in [5, 5.41) is 7.56. The van der Waals surface area contributed by atoms with Gasteiger partial charge in [-0.15, -0.1) is 0 Å². The molecule has 0 unspecified atom stereocenters. The molecule has 1 N–H and O–H groups in total. The second-order valence-corrected chi connectivity index (χ2v) is 4.96. The van der Waals surface area contributed by atoms with Crippen LogP contribution in [0.3, 0.4) is 0 Å². The van der Waals surface area contributed by atoms with Crippen molar-refractivity contribution in [2.24, 2.45) is 0 Å². The van der Waals surface area contributed by atoms with Gasteiger partial charge in [0.15, 0.2) is 17.5 Å². The molecule has 0 saturated heterocycles. The highest BCUT2D eigenvalue weighted by Gasteiger charge is 2.16. The zero-order chi connectivity index (χ0) is 15.6. The van der Waals surface area contributed by atoms with Crippen molar-refractivity contribution in [2.45, 2.75) is 33.7 Å². The van der Waals surface area contributed by atoms with Crippen molar-refractivity contribution >= 4 is 0 Å². The van der Waals surface area contributed by atoms with Crippen LogP contribution in [0.2, 0.25) is 0 Å². The van der Waals surface area contributed by atoms with Gasteiger partial charge in [-0.25, -0.2) is 17.9 Å². The number of halogens is 3. The van der Waals surface area contributed by atoms with E-state index >= 15 is 0 Å². The smallest absolute Gasteiger partial charge is 0.194 e. The largest absolute Gasteiger partial charge is 0.313 e. The zero-order valence-electron chi connectivity index (χ0n) is 12.3. The Morgan fingerprint density at radius 2 is 1.76 bits per heavy atom. The quantitative estimate of drug-likeness (QED) is 0.677. The van der Waals surface area contributed by atoms with Gasteiger partial charge < -0.3 is 5.32 Å². The Morgan fingerprint density at radius 1 is 1.14 bits per heavy atom. The number of nitrogens with zero attached hydrogens (tertiary/aromatic N) is 2. The maximum Gasteiger partial charge on any atom is 0.194 e. The Morgan fingerprint density at radius 3 is 2.33 bits per heavy atom. The molecule has 1 aromatic carbocycles. The first-order valence-corrected chi connectivity index (χ1v) is 6.86. The molecule has 0 aliphatic carbocycles. The van der Waals surface area contributed by atoms with Crippen LogP contribution in [0.25, 0.3) is 5.69 Å². The summed E-state index contributed by atoms with van der Waals surface area (Å²) in [6.07, 6.45) is 1.01. The molecule has 2 rings (SSSR count). The van der Waals surface area contributed by atoms with E-state index in [9.17, 15) is 13.2 Å². The van der Waals surface area contributed by atoms with Crippen molar-refractivity contribution < 1.29 is 13.2 Å². The lowest BCUT2D eigenvalue weighted by Crippen LogP contribution is -2.15. The van der Waals surface area contributed by atoms with Crippen LogP contribution < -0.4 is 5.32 Å². The first-order valence-electron chi connectivity index (χ1n) is 6.86. The van der Waals surface area contributed by atoms with Gasteiger partial charge in [-0.1, -0.05) is 6.92 Å². The van der Waals surface area contributed by atoms with Crippen LogP contribution in [0.1, 0.15) is 30.3 Å². The molecule has 0 fully saturated rings. The van der Waals surface area contributed by atoms with Gasteiger partial charge in [0, 0.05) is 29.9 Å². The summed E-state index contributed by atoms with van der Waals surface area (Å²) >= 11 is 0. The van der Waals surface area contributed by atoms with E-state index < -0.39 is 17.5 Å². The Kier molecular flexibility index (Phi) is 4.67. The number of hydrogen-bond donors (Lipinski definition) is 1. The van der Waals surface area contributed by atoms with Gasteiger partial charge in [0.2, 0.25) is 0 Å². The molecule has 6 heteroatoms. The molecule has 21 heavy (non-hydrogen) atoms. The fourth-order valence-corrected chi connectivity index (χ4v) is 2.24. The third-order valence-electron chi connectivity index (χ3n) is 3.38. The van der Waals surface area contributed by atoms with E-state index in [-0.39, 0.29) is 5.69 Å². The average molecular weight is 297 g/mol. The predicted octanol–water partition coefficient (Wildman–Crippen LogP) is 3.41. The normalized spacial score (nSPS) is 11.1. The van der Waals surface area contributed by atoms with Crippen LogP contribution in [-0.4, -0.2) is 16.3 Å². The number of benzene rings is 1. The van der Waals surface area contributed by atoms with Crippen molar-refractivity contribution in [1.82, 2.24) is 15.1 Å². The summed E-state index contributed by atoms with van der Waals surface area (Å²) in [6.45, 7) is 7.24. The lowest BCUT2D eigenvalue weighted by Gasteiger charge is -2.07. The van der Waals surface area contributed by atoms with Crippen LogP contribution in [0, 0.1) is 31.3 Å². The van der Waals surface area contributed by atoms with Crippen molar-refractivity contribution in [3.63, 3.8) is 0 Å². The second kappa shape index (κ2) is 6.30. The van der Waals surface area contributed by atoms with Gasteiger partial charge in [-0.3, -0.25) is 0 Å². The summed E-state index contributed by atoms with van der Waals surface area (Å²) in [4.78, 5) is 0. The maximum absolute atomic E-state index is 13.3. The van der Waals surface area contributed by atoms with Crippen LogP contribution in [0.5, 0.6) is 0 Å². The number of nitrogens with one attached hydrogen (secondary N) is 1. The summed E-state index contributed by atoms with van der Waals surface area (Å²) in [5.74, 6) is -3.91. The third kappa shape index (κ3) is 3.10. The standard InChI is InChI=1S/C15H18F3N3/c1-4-5-19-8-12-9(2)20-21(10(12)3)11-6-13(16)15(18)14(17)7-11/h6-7,19H,4-5,8H2,1-3H3. The van der Waals surface area contributed by atoms with E-state index in [4.69, 9.17) is 0 Å². The highest BCUT2D eigenvalue weighted by Crippen LogP contribution is 2.21. The lowest BCUT2D eigenvalue weighted by molar-refractivity contribution is 0.446. The Balaban J connectivity index is 2.39. The van der Waals surface area contributed by atoms with Gasteiger partial charge in [0.05, 0.1) is 11.4 Å². The first-order chi connectivity index (χ1) is 9.95. The monoisotopic (exact) mass is 297 g/mol. The van der Waals surface area contributed by atoms with Crippen LogP contribution >= 0.6 is 0 Å². The molecule has 114 valence electrons. The number of aryl methyl sites for hydroxylation is 1.